The molecule has 6 heteroatoms. The van der Waals surface area contributed by atoms with E-state index in [4.69, 9.17) is 4.74 Å². The van der Waals surface area contributed by atoms with Crippen LogP contribution < -0.4 is 10.6 Å². The van der Waals surface area contributed by atoms with Crippen LogP contribution in [-0.4, -0.2) is 49.6 Å². The van der Waals surface area contributed by atoms with Crippen LogP contribution in [0.2, 0.25) is 0 Å². The number of carbonyl (C=O) groups is 2. The van der Waals surface area contributed by atoms with Crippen molar-refractivity contribution in [1.29, 1.82) is 0 Å². The van der Waals surface area contributed by atoms with Crippen molar-refractivity contribution < 1.29 is 14.3 Å². The molecule has 2 aromatic rings. The highest BCUT2D eigenvalue weighted by Gasteiger charge is 2.24. The molecule has 1 aliphatic rings. The van der Waals surface area contributed by atoms with Gasteiger partial charge in [-0.3, -0.25) is 14.5 Å². The van der Waals surface area contributed by atoms with Crippen LogP contribution in [0, 0.1) is 13.8 Å². The first-order valence-corrected chi connectivity index (χ1v) is 10.0. The highest BCUT2D eigenvalue weighted by atomic mass is 16.5. The Labute approximate surface area is 172 Å². The number of nitrogens with zero attached hydrogens (tertiary/aromatic N) is 1. The van der Waals surface area contributed by atoms with Gasteiger partial charge in [-0.1, -0.05) is 59.7 Å². The van der Waals surface area contributed by atoms with Crippen molar-refractivity contribution >= 4 is 11.8 Å². The zero-order valence-corrected chi connectivity index (χ0v) is 17.1. The summed E-state index contributed by atoms with van der Waals surface area (Å²) in [7, 11) is 0. The van der Waals surface area contributed by atoms with Crippen molar-refractivity contribution in [3.8, 4) is 0 Å². The molecule has 1 fully saturated rings. The molecule has 2 aromatic carbocycles. The van der Waals surface area contributed by atoms with Crippen molar-refractivity contribution in [2.75, 3.05) is 32.8 Å². The van der Waals surface area contributed by atoms with E-state index in [1.54, 1.807) is 0 Å². The van der Waals surface area contributed by atoms with Gasteiger partial charge in [-0.2, -0.15) is 0 Å². The Hall–Kier alpha value is -2.70. The number of benzene rings is 2. The third-order valence-corrected chi connectivity index (χ3v) is 5.18. The van der Waals surface area contributed by atoms with Crippen LogP contribution in [0.25, 0.3) is 0 Å². The number of hydrogen-bond acceptors (Lipinski definition) is 4. The Kier molecular flexibility index (Phi) is 7.38. The fourth-order valence-corrected chi connectivity index (χ4v) is 3.37. The monoisotopic (exact) mass is 395 g/mol. The molecule has 1 aliphatic heterocycles. The molecule has 0 bridgehead atoms. The van der Waals surface area contributed by atoms with E-state index >= 15 is 0 Å². The van der Waals surface area contributed by atoms with E-state index in [-0.39, 0.29) is 6.04 Å². The van der Waals surface area contributed by atoms with Crippen molar-refractivity contribution in [2.45, 2.75) is 26.4 Å². The molecule has 0 aromatic heterocycles. The van der Waals surface area contributed by atoms with Gasteiger partial charge < -0.3 is 15.4 Å². The average molecular weight is 396 g/mol. The van der Waals surface area contributed by atoms with Crippen LogP contribution in [0.15, 0.2) is 48.5 Å². The van der Waals surface area contributed by atoms with Crippen molar-refractivity contribution in [1.82, 2.24) is 15.5 Å². The van der Waals surface area contributed by atoms with Gasteiger partial charge in [0.1, 0.15) is 0 Å². The second-order valence-corrected chi connectivity index (χ2v) is 7.45. The molecule has 0 unspecified atom stereocenters. The van der Waals surface area contributed by atoms with Gasteiger partial charge in [0.2, 0.25) is 0 Å². The Balaban J connectivity index is 1.57. The summed E-state index contributed by atoms with van der Waals surface area (Å²) >= 11 is 0. The van der Waals surface area contributed by atoms with Gasteiger partial charge in [-0.05, 0) is 25.0 Å². The summed E-state index contributed by atoms with van der Waals surface area (Å²) in [5.41, 5.74) is 4.43. The maximum absolute atomic E-state index is 12.3. The molecule has 0 aliphatic carbocycles. The van der Waals surface area contributed by atoms with Gasteiger partial charge >= 0.3 is 11.8 Å². The van der Waals surface area contributed by atoms with E-state index in [9.17, 15) is 9.59 Å². The van der Waals surface area contributed by atoms with Gasteiger partial charge in [0.25, 0.3) is 0 Å². The minimum Gasteiger partial charge on any atom is -0.379 e. The number of amides is 2. The average Bonchev–Trinajstić information content (AvgIpc) is 2.75. The van der Waals surface area contributed by atoms with E-state index < -0.39 is 11.8 Å². The van der Waals surface area contributed by atoms with E-state index in [0.29, 0.717) is 26.3 Å². The van der Waals surface area contributed by atoms with Gasteiger partial charge in [0.05, 0.1) is 19.3 Å². The van der Waals surface area contributed by atoms with Crippen LogP contribution in [0.3, 0.4) is 0 Å². The number of aryl methyl sites for hydroxylation is 2. The zero-order valence-electron chi connectivity index (χ0n) is 17.1. The van der Waals surface area contributed by atoms with Crippen molar-refractivity contribution in [3.05, 3.63) is 70.8 Å². The minimum absolute atomic E-state index is 0.00773. The number of hydrogen-bond donors (Lipinski definition) is 2. The maximum Gasteiger partial charge on any atom is 0.309 e. The first-order valence-electron chi connectivity index (χ1n) is 10.0. The highest BCUT2D eigenvalue weighted by Crippen LogP contribution is 2.21. The summed E-state index contributed by atoms with van der Waals surface area (Å²) < 4.78 is 5.46. The fourth-order valence-electron chi connectivity index (χ4n) is 3.37. The lowest BCUT2D eigenvalue weighted by Gasteiger charge is -2.35. The Morgan fingerprint density at radius 1 is 0.897 bits per heavy atom. The number of nitrogens with one attached hydrogen (secondary N) is 2. The topological polar surface area (TPSA) is 70.7 Å². The van der Waals surface area contributed by atoms with Crippen molar-refractivity contribution in [3.63, 3.8) is 0 Å². The molecule has 2 amide bonds. The molecule has 154 valence electrons. The number of rotatable bonds is 6. The molecule has 1 heterocycles. The molecule has 29 heavy (non-hydrogen) atoms. The summed E-state index contributed by atoms with van der Waals surface area (Å²) in [5, 5.41) is 5.49. The number of morpholine rings is 1. The van der Waals surface area contributed by atoms with E-state index in [1.807, 2.05) is 38.1 Å². The number of ether oxygens (including phenoxy) is 1. The zero-order chi connectivity index (χ0) is 20.6. The SMILES string of the molecule is Cc1ccc(CNC(=O)C(=O)NC[C@@H](c2ccc(C)cc2)N2CCOCC2)cc1. The predicted octanol–water partition coefficient (Wildman–Crippen LogP) is 2.11. The molecular formula is C23H29N3O3. The molecular weight excluding hydrogens is 366 g/mol. The molecule has 0 radical (unpaired) electrons. The standard InChI is InChI=1S/C23H29N3O3/c1-17-3-7-19(8-4-17)15-24-22(27)23(28)25-16-21(26-11-13-29-14-12-26)20-9-5-18(2)6-10-20/h3-10,21H,11-16H2,1-2H3,(H,24,27)(H,25,28)/t21-/m0/s1. The summed E-state index contributed by atoms with van der Waals surface area (Å²) in [5.74, 6) is -1.22. The summed E-state index contributed by atoms with van der Waals surface area (Å²) in [6.07, 6.45) is 0. The third kappa shape index (κ3) is 6.14. The first-order chi connectivity index (χ1) is 14.0. The van der Waals surface area contributed by atoms with Crippen LogP contribution in [0.4, 0.5) is 0 Å². The van der Waals surface area contributed by atoms with Gasteiger partial charge in [-0.25, -0.2) is 0 Å². The largest absolute Gasteiger partial charge is 0.379 e. The molecule has 2 N–H and O–H groups in total. The maximum atomic E-state index is 12.3. The molecule has 1 atom stereocenters. The third-order valence-electron chi connectivity index (χ3n) is 5.18. The van der Waals surface area contributed by atoms with E-state index in [0.717, 1.165) is 29.8 Å². The van der Waals surface area contributed by atoms with Crippen molar-refractivity contribution in [2.24, 2.45) is 0 Å². The molecule has 6 nitrogen and oxygen atoms in total. The lowest BCUT2D eigenvalue weighted by atomic mass is 10.0. The molecule has 0 saturated carbocycles. The van der Waals surface area contributed by atoms with E-state index in [2.05, 4.69) is 39.8 Å². The van der Waals surface area contributed by atoms with Crippen LogP contribution in [0.1, 0.15) is 28.3 Å². The summed E-state index contributed by atoms with van der Waals surface area (Å²) in [6, 6.07) is 16.2. The Morgan fingerprint density at radius 3 is 2.07 bits per heavy atom. The smallest absolute Gasteiger partial charge is 0.309 e. The molecule has 3 rings (SSSR count). The predicted molar refractivity (Wildman–Crippen MR) is 112 cm³/mol. The van der Waals surface area contributed by atoms with Gasteiger partial charge in [-0.15, -0.1) is 0 Å². The second kappa shape index (κ2) is 10.2. The highest BCUT2D eigenvalue weighted by molar-refractivity contribution is 6.35. The summed E-state index contributed by atoms with van der Waals surface area (Å²) in [4.78, 5) is 26.8. The van der Waals surface area contributed by atoms with Gasteiger partial charge in [0.15, 0.2) is 0 Å². The van der Waals surface area contributed by atoms with Crippen LogP contribution >= 0.6 is 0 Å². The fraction of sp³-hybridized carbons (Fsp3) is 0.391. The normalized spacial score (nSPS) is 15.5. The first kappa shape index (κ1) is 21.0. The van der Waals surface area contributed by atoms with Crippen LogP contribution in [-0.2, 0) is 20.9 Å². The Bertz CT molecular complexity index is 812. The quantitative estimate of drug-likeness (QED) is 0.735. The van der Waals surface area contributed by atoms with Gasteiger partial charge in [0, 0.05) is 26.2 Å². The number of carbonyl (C=O) groups excluding carboxylic acids is 2. The molecule has 0 spiro atoms. The Morgan fingerprint density at radius 2 is 1.45 bits per heavy atom. The summed E-state index contributed by atoms with van der Waals surface area (Å²) in [6.45, 7) is 7.71. The minimum atomic E-state index is -0.616. The van der Waals surface area contributed by atoms with E-state index in [1.165, 1.54) is 5.56 Å². The second-order valence-electron chi connectivity index (χ2n) is 7.45. The lowest BCUT2D eigenvalue weighted by Crippen LogP contribution is -2.46. The molecule has 1 saturated heterocycles. The van der Waals surface area contributed by atoms with Crippen LogP contribution in [0.5, 0.6) is 0 Å². The lowest BCUT2D eigenvalue weighted by molar-refractivity contribution is -0.139.